The van der Waals surface area contributed by atoms with Gasteiger partial charge in [0.05, 0.1) is 11.7 Å². The lowest BCUT2D eigenvalue weighted by Gasteiger charge is -2.44. The summed E-state index contributed by atoms with van der Waals surface area (Å²) >= 11 is 0. The van der Waals surface area contributed by atoms with Gasteiger partial charge in [0.2, 0.25) is 11.8 Å². The maximum Gasteiger partial charge on any atom is 0.259 e. The molecule has 4 nitrogen and oxygen atoms in total. The molecule has 3 fully saturated rings. The SMILES string of the molecule is Cc1c(C2(C)CC(F)(F)C2)nn(C2CCC2)c1NC(=O)C1(C(C)(F)F)CC1. The van der Waals surface area contributed by atoms with Crippen LogP contribution in [-0.4, -0.2) is 27.5 Å². The van der Waals surface area contributed by atoms with Gasteiger partial charge in [-0.1, -0.05) is 6.92 Å². The minimum Gasteiger partial charge on any atom is -0.310 e. The number of aromatic nitrogens is 2. The number of hydrogen-bond donors (Lipinski definition) is 1. The Morgan fingerprint density at radius 1 is 1.26 bits per heavy atom. The zero-order valence-electron chi connectivity index (χ0n) is 15.8. The van der Waals surface area contributed by atoms with E-state index in [9.17, 15) is 22.4 Å². The molecule has 1 aromatic heterocycles. The van der Waals surface area contributed by atoms with Crippen LogP contribution in [0.25, 0.3) is 0 Å². The average molecular weight is 387 g/mol. The van der Waals surface area contributed by atoms with Crippen LogP contribution in [0.2, 0.25) is 0 Å². The van der Waals surface area contributed by atoms with Crippen LogP contribution < -0.4 is 5.32 Å². The van der Waals surface area contributed by atoms with Gasteiger partial charge in [0.25, 0.3) is 5.92 Å². The first-order valence-corrected chi connectivity index (χ1v) is 9.55. The maximum atomic E-state index is 13.9. The molecule has 1 aromatic rings. The van der Waals surface area contributed by atoms with Gasteiger partial charge in [0.1, 0.15) is 11.2 Å². The number of nitrogens with one attached hydrogen (secondary N) is 1. The summed E-state index contributed by atoms with van der Waals surface area (Å²) in [5.74, 6) is -6.11. The maximum absolute atomic E-state index is 13.9. The number of nitrogens with zero attached hydrogens (tertiary/aromatic N) is 2. The molecule has 3 saturated carbocycles. The standard InChI is InChI=1S/C19H25F4N3O/c1-11-13(16(2)9-19(22,23)10-16)25-26(12-5-4-6-12)14(11)24-15(27)18(7-8-18)17(3,20)21/h12H,4-10H2,1-3H3,(H,24,27). The van der Waals surface area contributed by atoms with Crippen LogP contribution in [0.1, 0.15) is 76.1 Å². The second-order valence-electron chi connectivity index (χ2n) is 9.05. The highest BCUT2D eigenvalue weighted by atomic mass is 19.3. The second-order valence-corrected chi connectivity index (χ2v) is 9.05. The van der Waals surface area contributed by atoms with Gasteiger partial charge in [0.15, 0.2) is 0 Å². The third kappa shape index (κ3) is 2.78. The van der Waals surface area contributed by atoms with Gasteiger partial charge >= 0.3 is 0 Å². The summed E-state index contributed by atoms with van der Waals surface area (Å²) in [7, 11) is 0. The second kappa shape index (κ2) is 5.47. The van der Waals surface area contributed by atoms with Crippen molar-refractivity contribution in [2.45, 2.75) is 89.0 Å². The zero-order chi connectivity index (χ0) is 19.8. The highest BCUT2D eigenvalue weighted by molar-refractivity contribution is 5.98. The molecule has 0 atom stereocenters. The molecule has 150 valence electrons. The lowest BCUT2D eigenvalue weighted by atomic mass is 9.65. The van der Waals surface area contributed by atoms with Crippen molar-refractivity contribution in [2.75, 3.05) is 5.32 Å². The average Bonchev–Trinajstić information content (AvgIpc) is 3.20. The molecule has 3 aliphatic carbocycles. The summed E-state index contributed by atoms with van der Waals surface area (Å²) in [5.41, 5.74) is -1.26. The van der Waals surface area contributed by atoms with E-state index in [1.54, 1.807) is 18.5 Å². The molecular formula is C19H25F4N3O. The third-order valence-corrected chi connectivity index (χ3v) is 6.69. The Hall–Kier alpha value is -1.60. The van der Waals surface area contributed by atoms with E-state index in [0.29, 0.717) is 17.1 Å². The lowest BCUT2D eigenvalue weighted by molar-refractivity contribution is -0.136. The highest BCUT2D eigenvalue weighted by Gasteiger charge is 2.65. The first-order valence-electron chi connectivity index (χ1n) is 9.55. The summed E-state index contributed by atoms with van der Waals surface area (Å²) in [4.78, 5) is 12.7. The Balaban J connectivity index is 1.67. The van der Waals surface area contributed by atoms with Crippen LogP contribution in [0.4, 0.5) is 23.4 Å². The molecule has 1 heterocycles. The van der Waals surface area contributed by atoms with E-state index in [1.807, 2.05) is 0 Å². The number of halogens is 4. The molecule has 0 aliphatic heterocycles. The summed E-state index contributed by atoms with van der Waals surface area (Å²) in [5, 5.41) is 7.28. The number of carbonyl (C=O) groups excluding carboxylic acids is 1. The van der Waals surface area contributed by atoms with Crippen molar-refractivity contribution in [3.05, 3.63) is 11.3 Å². The Morgan fingerprint density at radius 3 is 2.26 bits per heavy atom. The van der Waals surface area contributed by atoms with Crippen molar-refractivity contribution in [2.24, 2.45) is 5.41 Å². The Morgan fingerprint density at radius 2 is 1.85 bits per heavy atom. The summed E-state index contributed by atoms with van der Waals surface area (Å²) in [6.07, 6.45) is 2.51. The Bertz CT molecular complexity index is 780. The van der Waals surface area contributed by atoms with Crippen LogP contribution in [0.3, 0.4) is 0 Å². The largest absolute Gasteiger partial charge is 0.310 e. The number of rotatable bonds is 5. The molecule has 8 heteroatoms. The van der Waals surface area contributed by atoms with Gasteiger partial charge in [-0.2, -0.15) is 5.10 Å². The van der Waals surface area contributed by atoms with Crippen molar-refractivity contribution in [3.8, 4) is 0 Å². The van der Waals surface area contributed by atoms with Crippen LogP contribution in [0.5, 0.6) is 0 Å². The van der Waals surface area contributed by atoms with Crippen molar-refractivity contribution in [1.82, 2.24) is 9.78 Å². The normalized spacial score (nSPS) is 25.4. The third-order valence-electron chi connectivity index (χ3n) is 6.69. The van der Waals surface area contributed by atoms with Crippen LogP contribution in [0, 0.1) is 12.3 Å². The minimum atomic E-state index is -3.10. The molecule has 0 saturated heterocycles. The van der Waals surface area contributed by atoms with Crippen molar-refractivity contribution < 1.29 is 22.4 Å². The molecule has 0 aromatic carbocycles. The van der Waals surface area contributed by atoms with Gasteiger partial charge in [-0.05, 0) is 39.0 Å². The summed E-state index contributed by atoms with van der Waals surface area (Å²) < 4.78 is 56.6. The lowest BCUT2D eigenvalue weighted by Crippen LogP contribution is -2.47. The number of anilines is 1. The smallest absolute Gasteiger partial charge is 0.259 e. The van der Waals surface area contributed by atoms with E-state index in [1.165, 1.54) is 0 Å². The number of hydrogen-bond acceptors (Lipinski definition) is 2. The van der Waals surface area contributed by atoms with E-state index in [2.05, 4.69) is 10.4 Å². The Labute approximate surface area is 155 Å². The minimum absolute atomic E-state index is 0.0780. The first kappa shape index (κ1) is 18.7. The van der Waals surface area contributed by atoms with Gasteiger partial charge in [0, 0.05) is 30.7 Å². The molecule has 27 heavy (non-hydrogen) atoms. The summed E-state index contributed by atoms with van der Waals surface area (Å²) in [6, 6.07) is 0.0780. The van der Waals surface area contributed by atoms with Gasteiger partial charge < -0.3 is 5.32 Å². The van der Waals surface area contributed by atoms with Crippen LogP contribution in [0.15, 0.2) is 0 Å². The molecule has 3 aliphatic rings. The molecular weight excluding hydrogens is 362 g/mol. The fraction of sp³-hybridized carbons (Fsp3) is 0.789. The first-order chi connectivity index (χ1) is 12.4. The van der Waals surface area contributed by atoms with E-state index >= 15 is 0 Å². The fourth-order valence-electron chi connectivity index (χ4n) is 4.61. The van der Waals surface area contributed by atoms with Gasteiger partial charge in [-0.15, -0.1) is 0 Å². The monoisotopic (exact) mass is 387 g/mol. The predicted molar refractivity (Wildman–Crippen MR) is 92.3 cm³/mol. The van der Waals surface area contributed by atoms with E-state index in [4.69, 9.17) is 0 Å². The molecule has 1 N–H and O–H groups in total. The van der Waals surface area contributed by atoms with Gasteiger partial charge in [-0.3, -0.25) is 4.79 Å². The Kier molecular flexibility index (Phi) is 3.80. The molecule has 0 radical (unpaired) electrons. The fourth-order valence-corrected chi connectivity index (χ4v) is 4.61. The van der Waals surface area contributed by atoms with Crippen LogP contribution in [-0.2, 0) is 10.2 Å². The van der Waals surface area contributed by atoms with Crippen LogP contribution >= 0.6 is 0 Å². The summed E-state index contributed by atoms with van der Waals surface area (Å²) in [6.45, 7) is 4.26. The number of amides is 1. The molecule has 4 rings (SSSR count). The molecule has 1 amide bonds. The quantitative estimate of drug-likeness (QED) is 0.725. The number of carbonyl (C=O) groups is 1. The topological polar surface area (TPSA) is 46.9 Å². The number of alkyl halides is 4. The van der Waals surface area contributed by atoms with Crippen molar-refractivity contribution in [3.63, 3.8) is 0 Å². The van der Waals surface area contributed by atoms with E-state index in [-0.39, 0.29) is 31.7 Å². The van der Waals surface area contributed by atoms with Crippen molar-refractivity contribution >= 4 is 11.7 Å². The zero-order valence-corrected chi connectivity index (χ0v) is 15.8. The van der Waals surface area contributed by atoms with E-state index in [0.717, 1.165) is 26.2 Å². The van der Waals surface area contributed by atoms with Crippen molar-refractivity contribution in [1.29, 1.82) is 0 Å². The molecule has 0 bridgehead atoms. The van der Waals surface area contributed by atoms with E-state index < -0.39 is 28.6 Å². The molecule has 0 unspecified atom stereocenters. The predicted octanol–water partition coefficient (Wildman–Crippen LogP) is 4.98. The highest BCUT2D eigenvalue weighted by Crippen LogP contribution is 2.58. The molecule has 0 spiro atoms. The van der Waals surface area contributed by atoms with Gasteiger partial charge in [-0.25, -0.2) is 22.2 Å².